The summed E-state index contributed by atoms with van der Waals surface area (Å²) in [7, 11) is 1.68. The second-order valence-corrected chi connectivity index (χ2v) is 12.2. The van der Waals surface area contributed by atoms with E-state index in [0.717, 1.165) is 22.9 Å². The van der Waals surface area contributed by atoms with Crippen molar-refractivity contribution in [1.29, 1.82) is 0 Å². The predicted molar refractivity (Wildman–Crippen MR) is 168 cm³/mol. The van der Waals surface area contributed by atoms with E-state index < -0.39 is 24.3 Å². The Hall–Kier alpha value is -4.65. The zero-order valence-corrected chi connectivity index (χ0v) is 25.4. The lowest BCUT2D eigenvalue weighted by Gasteiger charge is -2.43. The number of aliphatic carboxylic acids is 1. The third-order valence-electron chi connectivity index (χ3n) is 9.46. The van der Waals surface area contributed by atoms with Gasteiger partial charge < -0.3 is 30.4 Å². The number of rotatable bonds is 7. The summed E-state index contributed by atoms with van der Waals surface area (Å²) in [6, 6.07) is 15.5. The van der Waals surface area contributed by atoms with Gasteiger partial charge in [-0.2, -0.15) is 23.1 Å². The van der Waals surface area contributed by atoms with Crippen molar-refractivity contribution in [3.8, 4) is 17.0 Å². The maximum absolute atomic E-state index is 14.4. The third-order valence-corrected chi connectivity index (χ3v) is 9.46. The van der Waals surface area contributed by atoms with Gasteiger partial charge in [0.1, 0.15) is 11.9 Å². The number of nitrogens with zero attached hydrogens (tertiary/aromatic N) is 4. The molecule has 2 unspecified atom stereocenters. The molecular weight excluding hydrogens is 601 g/mol. The van der Waals surface area contributed by atoms with Crippen molar-refractivity contribution in [3.05, 3.63) is 76.6 Å². The van der Waals surface area contributed by atoms with Crippen LogP contribution in [0.4, 0.5) is 24.9 Å². The number of hydrogen-bond donors (Lipinski definition) is 3. The fraction of sp³-hybridized carbons (Fsp3) is 0.394. The lowest BCUT2D eigenvalue weighted by atomic mass is 9.71. The van der Waals surface area contributed by atoms with Crippen LogP contribution in [0.5, 0.6) is 5.88 Å². The normalized spacial score (nSPS) is 20.2. The van der Waals surface area contributed by atoms with E-state index >= 15 is 0 Å². The zero-order valence-electron chi connectivity index (χ0n) is 25.4. The Bertz CT molecular complexity index is 1820. The van der Waals surface area contributed by atoms with Gasteiger partial charge in [0.25, 0.3) is 5.56 Å². The molecule has 3 atom stereocenters. The van der Waals surface area contributed by atoms with Gasteiger partial charge in [0, 0.05) is 43.9 Å². The first-order chi connectivity index (χ1) is 21.9. The number of pyridine rings is 1. The van der Waals surface area contributed by atoms with Gasteiger partial charge in [-0.15, -0.1) is 0 Å². The molecule has 2 aromatic heterocycles. The first kappa shape index (κ1) is 31.3. The van der Waals surface area contributed by atoms with Crippen molar-refractivity contribution in [1.82, 2.24) is 19.9 Å². The maximum atomic E-state index is 14.4. The quantitative estimate of drug-likeness (QED) is 0.254. The molecule has 0 saturated carbocycles. The van der Waals surface area contributed by atoms with Gasteiger partial charge in [-0.3, -0.25) is 9.59 Å². The van der Waals surface area contributed by atoms with Crippen LogP contribution in [0.3, 0.4) is 0 Å². The molecule has 2 aromatic carbocycles. The molecule has 10 nitrogen and oxygen atoms in total. The number of hydrogen-bond acceptors (Lipinski definition) is 8. The van der Waals surface area contributed by atoms with Crippen molar-refractivity contribution < 1.29 is 27.8 Å². The Morgan fingerprint density at radius 3 is 2.43 bits per heavy atom. The molecule has 6 rings (SSSR count). The summed E-state index contributed by atoms with van der Waals surface area (Å²) < 4.78 is 50.1. The molecule has 0 bridgehead atoms. The van der Waals surface area contributed by atoms with Crippen LogP contribution in [-0.4, -0.2) is 57.0 Å². The molecular formula is C33H35F3N6O4. The summed E-state index contributed by atoms with van der Waals surface area (Å²) in [5, 5.41) is 13.6. The Morgan fingerprint density at radius 2 is 1.78 bits per heavy atom. The minimum atomic E-state index is -4.75. The summed E-state index contributed by atoms with van der Waals surface area (Å²) in [6.07, 6.45) is -4.32. The predicted octanol–water partition coefficient (Wildman–Crippen LogP) is 5.07. The molecule has 2 aliphatic heterocycles. The zero-order chi connectivity index (χ0) is 32.8. The molecule has 0 amide bonds. The van der Waals surface area contributed by atoms with Crippen LogP contribution < -0.4 is 26.2 Å². The van der Waals surface area contributed by atoms with Gasteiger partial charge in [0.2, 0.25) is 17.9 Å². The molecule has 0 aliphatic carbocycles. The highest BCUT2D eigenvalue weighted by atomic mass is 19.4. The number of ether oxygens (including phenoxy) is 1. The van der Waals surface area contributed by atoms with Crippen LogP contribution in [0.15, 0.2) is 65.5 Å². The molecule has 4 aromatic rings. The Kier molecular flexibility index (Phi) is 8.13. The molecule has 2 saturated heterocycles. The van der Waals surface area contributed by atoms with Gasteiger partial charge in [0.15, 0.2) is 0 Å². The van der Waals surface area contributed by atoms with Gasteiger partial charge in [0.05, 0.1) is 5.52 Å². The number of aryl methyl sites for hydroxylation is 1. The fourth-order valence-electron chi connectivity index (χ4n) is 6.98. The number of carboxylic acids is 1. The number of benzene rings is 2. The van der Waals surface area contributed by atoms with E-state index in [0.29, 0.717) is 43.7 Å². The monoisotopic (exact) mass is 636 g/mol. The number of aromatic nitrogens is 3. The van der Waals surface area contributed by atoms with Crippen molar-refractivity contribution in [2.45, 2.75) is 57.0 Å². The van der Waals surface area contributed by atoms with E-state index in [1.165, 1.54) is 28.8 Å². The SMILES string of the molecule is CCC1NC(C(=O)O)CC12CCN(c1cc(O[C@H](c3ccc(-c4ccc5c(ccc(=O)n5C)c4)cc3)C(F)(F)F)nc(N)n1)CC2. The topological polar surface area (TPSA) is 136 Å². The number of carbonyl (C=O) groups is 1. The van der Waals surface area contributed by atoms with Gasteiger partial charge >= 0.3 is 12.1 Å². The molecule has 4 heterocycles. The second kappa shape index (κ2) is 11.9. The molecule has 2 aliphatic rings. The number of carboxylic acid groups (broad SMARTS) is 1. The lowest BCUT2D eigenvalue weighted by Crippen LogP contribution is -2.46. The average molecular weight is 637 g/mol. The van der Waals surface area contributed by atoms with Crippen molar-refractivity contribution in [3.63, 3.8) is 0 Å². The summed E-state index contributed by atoms with van der Waals surface area (Å²) in [6.45, 7) is 3.11. The molecule has 13 heteroatoms. The number of alkyl halides is 3. The summed E-state index contributed by atoms with van der Waals surface area (Å²) >= 11 is 0. The van der Waals surface area contributed by atoms with E-state index in [2.05, 4.69) is 15.3 Å². The van der Waals surface area contributed by atoms with E-state index in [4.69, 9.17) is 10.5 Å². The molecule has 2 fully saturated rings. The van der Waals surface area contributed by atoms with Crippen LogP contribution >= 0.6 is 0 Å². The van der Waals surface area contributed by atoms with Crippen LogP contribution in [0.2, 0.25) is 0 Å². The Morgan fingerprint density at radius 1 is 1.09 bits per heavy atom. The molecule has 46 heavy (non-hydrogen) atoms. The first-order valence-electron chi connectivity index (χ1n) is 15.2. The molecule has 0 radical (unpaired) electrons. The summed E-state index contributed by atoms with van der Waals surface area (Å²) in [4.78, 5) is 33.8. The van der Waals surface area contributed by atoms with Crippen LogP contribution in [0, 0.1) is 5.41 Å². The van der Waals surface area contributed by atoms with E-state index in [-0.39, 0.29) is 34.4 Å². The highest BCUT2D eigenvalue weighted by molar-refractivity contribution is 5.84. The standard InChI is InChI=1S/C33H35F3N6O4/c1-3-25-32(18-23(38-25)30(44)45)12-14-42(15-13-32)26-17-27(40-31(37)39-26)46-29(33(34,35)36)20-6-4-19(5-7-20)21-8-10-24-22(16-21)9-11-28(43)41(24)2/h4-11,16-17,23,25,29,38H,3,12-15,18H2,1-2H3,(H,44,45)(H2,37,39,40)/t23?,25?,29-/m1/s1. The largest absolute Gasteiger partial charge is 0.480 e. The van der Waals surface area contributed by atoms with Crippen LogP contribution in [0.25, 0.3) is 22.0 Å². The fourth-order valence-corrected chi connectivity index (χ4v) is 6.98. The second-order valence-electron chi connectivity index (χ2n) is 12.2. The molecule has 242 valence electrons. The number of nitrogen functional groups attached to an aromatic ring is 1. The summed E-state index contributed by atoms with van der Waals surface area (Å²) in [5.41, 5.74) is 7.76. The van der Waals surface area contributed by atoms with E-state index in [1.54, 1.807) is 31.3 Å². The van der Waals surface area contributed by atoms with Crippen LogP contribution in [-0.2, 0) is 11.8 Å². The Labute approximate surface area is 263 Å². The Balaban J connectivity index is 1.20. The van der Waals surface area contributed by atoms with Crippen molar-refractivity contribution in [2.24, 2.45) is 12.5 Å². The smallest absolute Gasteiger partial charge is 0.429 e. The number of anilines is 2. The highest BCUT2D eigenvalue weighted by Gasteiger charge is 2.50. The minimum absolute atomic E-state index is 0.0699. The highest BCUT2D eigenvalue weighted by Crippen LogP contribution is 2.46. The number of piperidine rings is 1. The number of nitrogens with two attached hydrogens (primary N) is 1. The maximum Gasteiger partial charge on any atom is 0.429 e. The summed E-state index contributed by atoms with van der Waals surface area (Å²) in [5.74, 6) is -1.01. The van der Waals surface area contributed by atoms with Crippen molar-refractivity contribution in [2.75, 3.05) is 23.7 Å². The van der Waals surface area contributed by atoms with Gasteiger partial charge in [-0.05, 0) is 65.8 Å². The van der Waals surface area contributed by atoms with Crippen LogP contribution in [0.1, 0.15) is 44.3 Å². The number of fused-ring (bicyclic) bond motifs is 1. The average Bonchev–Trinajstić information content (AvgIpc) is 3.39. The third kappa shape index (κ3) is 5.98. The van der Waals surface area contributed by atoms with Gasteiger partial charge in [-0.1, -0.05) is 37.3 Å². The minimum Gasteiger partial charge on any atom is -0.480 e. The van der Waals surface area contributed by atoms with E-state index in [9.17, 15) is 27.9 Å². The number of halogens is 3. The molecule has 1 spiro atoms. The van der Waals surface area contributed by atoms with Crippen molar-refractivity contribution >= 4 is 28.6 Å². The van der Waals surface area contributed by atoms with Gasteiger partial charge in [-0.25, -0.2) is 0 Å². The molecule has 4 N–H and O–H groups in total. The van der Waals surface area contributed by atoms with E-state index in [1.807, 2.05) is 24.0 Å². The first-order valence-corrected chi connectivity index (χ1v) is 15.2. The number of nitrogens with one attached hydrogen (secondary N) is 1. The lowest BCUT2D eigenvalue weighted by molar-refractivity contribution is -0.198.